The van der Waals surface area contributed by atoms with Crippen molar-refractivity contribution in [2.45, 2.75) is 104 Å². The van der Waals surface area contributed by atoms with Crippen molar-refractivity contribution >= 4 is 5.97 Å². The first kappa shape index (κ1) is 21.7. The van der Waals surface area contributed by atoms with Crippen LogP contribution < -0.4 is 0 Å². The third kappa shape index (κ3) is 11.0. The molecule has 0 aliphatic heterocycles. The Morgan fingerprint density at radius 1 is 0.920 bits per heavy atom. The van der Waals surface area contributed by atoms with E-state index in [0.717, 1.165) is 18.4 Å². The summed E-state index contributed by atoms with van der Waals surface area (Å²) in [5, 5.41) is 0. The lowest BCUT2D eigenvalue weighted by atomic mass is 10.0. The Labute approximate surface area is 155 Å². The van der Waals surface area contributed by atoms with Gasteiger partial charge in [0.05, 0.1) is 11.7 Å². The van der Waals surface area contributed by atoms with Gasteiger partial charge in [-0.15, -0.1) is 0 Å². The van der Waals surface area contributed by atoms with Gasteiger partial charge in [-0.3, -0.25) is 0 Å². The average Bonchev–Trinajstić information content (AvgIpc) is 2.59. The number of carbonyl (C=O) groups excluding carboxylic acids is 1. The van der Waals surface area contributed by atoms with Crippen LogP contribution in [0.15, 0.2) is 24.3 Å². The van der Waals surface area contributed by atoms with Crippen LogP contribution in [-0.2, 0) is 4.74 Å². The molecule has 1 aromatic rings. The molecule has 1 aromatic carbocycles. The monoisotopic (exact) mass is 346 g/mol. The highest BCUT2D eigenvalue weighted by molar-refractivity contribution is 5.89. The second-order valence-electron chi connectivity index (χ2n) is 7.41. The molecule has 0 aromatic heterocycles. The standard InChI is InChI=1S/C23H38O2/c1-4-5-6-7-8-9-10-11-12-13-14-17-21(3)25-23(24)22-18-15-16-20(2)19-22/h15-16,18-19,21H,4-14,17H2,1-3H3. The van der Waals surface area contributed by atoms with Gasteiger partial charge in [0.25, 0.3) is 0 Å². The van der Waals surface area contributed by atoms with E-state index in [1.165, 1.54) is 64.2 Å². The summed E-state index contributed by atoms with van der Waals surface area (Å²) in [4.78, 5) is 12.1. The van der Waals surface area contributed by atoms with Gasteiger partial charge in [-0.05, 0) is 38.8 Å². The van der Waals surface area contributed by atoms with E-state index >= 15 is 0 Å². The first-order valence-electron chi connectivity index (χ1n) is 10.4. The predicted octanol–water partition coefficient (Wildman–Crippen LogP) is 7.24. The second-order valence-corrected chi connectivity index (χ2v) is 7.41. The fourth-order valence-electron chi connectivity index (χ4n) is 3.18. The van der Waals surface area contributed by atoms with E-state index in [1.54, 1.807) is 0 Å². The molecule has 0 aliphatic rings. The molecule has 142 valence electrons. The van der Waals surface area contributed by atoms with Gasteiger partial charge in [-0.1, -0.05) is 88.8 Å². The van der Waals surface area contributed by atoms with E-state index in [-0.39, 0.29) is 12.1 Å². The molecule has 0 radical (unpaired) electrons. The molecule has 1 unspecified atom stereocenters. The minimum atomic E-state index is -0.195. The van der Waals surface area contributed by atoms with Crippen LogP contribution >= 0.6 is 0 Å². The van der Waals surface area contributed by atoms with Gasteiger partial charge >= 0.3 is 5.97 Å². The summed E-state index contributed by atoms with van der Waals surface area (Å²) in [7, 11) is 0. The van der Waals surface area contributed by atoms with Gasteiger partial charge in [0.1, 0.15) is 0 Å². The van der Waals surface area contributed by atoms with Crippen LogP contribution in [0.2, 0.25) is 0 Å². The van der Waals surface area contributed by atoms with Crippen LogP contribution in [0, 0.1) is 6.92 Å². The second kappa shape index (κ2) is 13.9. The molecule has 0 saturated heterocycles. The Balaban J connectivity index is 1.98. The van der Waals surface area contributed by atoms with E-state index in [2.05, 4.69) is 6.92 Å². The highest BCUT2D eigenvalue weighted by Gasteiger charge is 2.11. The normalized spacial score (nSPS) is 12.1. The lowest BCUT2D eigenvalue weighted by molar-refractivity contribution is 0.0319. The Bertz CT molecular complexity index is 467. The van der Waals surface area contributed by atoms with Crippen molar-refractivity contribution in [2.75, 3.05) is 0 Å². The number of hydrogen-bond donors (Lipinski definition) is 0. The maximum absolute atomic E-state index is 12.1. The minimum Gasteiger partial charge on any atom is -0.459 e. The summed E-state index contributed by atoms with van der Waals surface area (Å²) in [6.07, 6.45) is 15.8. The number of ether oxygens (including phenoxy) is 1. The van der Waals surface area contributed by atoms with Crippen LogP contribution in [0.25, 0.3) is 0 Å². The van der Waals surface area contributed by atoms with Crippen LogP contribution in [0.5, 0.6) is 0 Å². The first-order chi connectivity index (χ1) is 12.1. The maximum atomic E-state index is 12.1. The number of carbonyl (C=O) groups is 1. The van der Waals surface area contributed by atoms with Crippen molar-refractivity contribution in [1.82, 2.24) is 0 Å². The summed E-state index contributed by atoms with van der Waals surface area (Å²) in [6, 6.07) is 7.60. The van der Waals surface area contributed by atoms with Crippen molar-refractivity contribution in [2.24, 2.45) is 0 Å². The molecule has 0 spiro atoms. The number of hydrogen-bond acceptors (Lipinski definition) is 2. The van der Waals surface area contributed by atoms with Crippen LogP contribution in [0.1, 0.15) is 107 Å². The number of aryl methyl sites for hydroxylation is 1. The molecule has 0 fully saturated rings. The van der Waals surface area contributed by atoms with Gasteiger partial charge in [0.2, 0.25) is 0 Å². The van der Waals surface area contributed by atoms with Gasteiger partial charge in [0, 0.05) is 0 Å². The number of unbranched alkanes of at least 4 members (excludes halogenated alkanes) is 10. The average molecular weight is 347 g/mol. The fourth-order valence-corrected chi connectivity index (χ4v) is 3.18. The molecule has 0 bridgehead atoms. The molecular formula is C23H38O2. The van der Waals surface area contributed by atoms with Gasteiger partial charge < -0.3 is 4.74 Å². The van der Waals surface area contributed by atoms with Gasteiger partial charge in [-0.2, -0.15) is 0 Å². The lowest BCUT2D eigenvalue weighted by Crippen LogP contribution is -2.15. The molecule has 0 N–H and O–H groups in total. The molecule has 1 atom stereocenters. The van der Waals surface area contributed by atoms with E-state index in [1.807, 2.05) is 38.1 Å². The highest BCUT2D eigenvalue weighted by Crippen LogP contribution is 2.14. The van der Waals surface area contributed by atoms with Crippen molar-refractivity contribution in [3.8, 4) is 0 Å². The SMILES string of the molecule is CCCCCCCCCCCCCC(C)OC(=O)c1cccc(C)c1. The van der Waals surface area contributed by atoms with Crippen molar-refractivity contribution < 1.29 is 9.53 Å². The third-order valence-corrected chi connectivity index (χ3v) is 4.78. The molecule has 0 heterocycles. The van der Waals surface area contributed by atoms with Crippen molar-refractivity contribution in [1.29, 1.82) is 0 Å². The Kier molecular flexibility index (Phi) is 12.1. The van der Waals surface area contributed by atoms with Crippen molar-refractivity contribution in [3.05, 3.63) is 35.4 Å². The smallest absolute Gasteiger partial charge is 0.338 e. The zero-order valence-electron chi connectivity index (χ0n) is 16.7. The van der Waals surface area contributed by atoms with E-state index in [9.17, 15) is 4.79 Å². The summed E-state index contributed by atoms with van der Waals surface area (Å²) in [5.41, 5.74) is 1.75. The molecule has 1 rings (SSSR count). The number of rotatable bonds is 14. The summed E-state index contributed by atoms with van der Waals surface area (Å²) >= 11 is 0. The van der Waals surface area contributed by atoms with Crippen LogP contribution in [0.4, 0.5) is 0 Å². The summed E-state index contributed by atoms with van der Waals surface area (Å²) < 4.78 is 5.54. The largest absolute Gasteiger partial charge is 0.459 e. The molecule has 0 aliphatic carbocycles. The van der Waals surface area contributed by atoms with Crippen LogP contribution in [0.3, 0.4) is 0 Å². The number of benzene rings is 1. The zero-order valence-corrected chi connectivity index (χ0v) is 16.7. The Hall–Kier alpha value is -1.31. The summed E-state index contributed by atoms with van der Waals surface area (Å²) in [5.74, 6) is -0.195. The van der Waals surface area contributed by atoms with E-state index in [4.69, 9.17) is 4.74 Å². The predicted molar refractivity (Wildman–Crippen MR) is 107 cm³/mol. The third-order valence-electron chi connectivity index (χ3n) is 4.78. The van der Waals surface area contributed by atoms with E-state index < -0.39 is 0 Å². The number of esters is 1. The minimum absolute atomic E-state index is 0.00609. The quantitative estimate of drug-likeness (QED) is 0.262. The zero-order chi connectivity index (χ0) is 18.3. The Morgan fingerprint density at radius 3 is 2.04 bits per heavy atom. The highest BCUT2D eigenvalue weighted by atomic mass is 16.5. The molecule has 0 saturated carbocycles. The molecule has 2 nitrogen and oxygen atoms in total. The van der Waals surface area contributed by atoms with Crippen LogP contribution in [-0.4, -0.2) is 12.1 Å². The lowest BCUT2D eigenvalue weighted by Gasteiger charge is -2.13. The van der Waals surface area contributed by atoms with E-state index in [0.29, 0.717) is 5.56 Å². The van der Waals surface area contributed by atoms with Gasteiger partial charge in [-0.25, -0.2) is 4.79 Å². The molecule has 25 heavy (non-hydrogen) atoms. The molecule has 2 heteroatoms. The summed E-state index contributed by atoms with van der Waals surface area (Å²) in [6.45, 7) is 6.26. The molecule has 0 amide bonds. The van der Waals surface area contributed by atoms with Crippen molar-refractivity contribution in [3.63, 3.8) is 0 Å². The van der Waals surface area contributed by atoms with Gasteiger partial charge in [0.15, 0.2) is 0 Å². The Morgan fingerprint density at radius 2 is 1.48 bits per heavy atom. The molecular weight excluding hydrogens is 308 g/mol. The first-order valence-corrected chi connectivity index (χ1v) is 10.4. The maximum Gasteiger partial charge on any atom is 0.338 e. The fraction of sp³-hybridized carbons (Fsp3) is 0.696. The topological polar surface area (TPSA) is 26.3 Å².